The SMILES string of the molecule is O=c1ccnc2sc(NCc3ccc(OC(F)F)cn3)nn12. The number of nitrogens with one attached hydrogen (secondary N) is 1. The van der Waals surface area contributed by atoms with E-state index in [2.05, 4.69) is 25.1 Å². The van der Waals surface area contributed by atoms with Gasteiger partial charge >= 0.3 is 6.61 Å². The number of nitrogens with zero attached hydrogens (tertiary/aromatic N) is 4. The van der Waals surface area contributed by atoms with Gasteiger partial charge in [0.05, 0.1) is 18.4 Å². The molecule has 0 saturated heterocycles. The molecule has 3 rings (SSSR count). The van der Waals surface area contributed by atoms with Gasteiger partial charge in [-0.1, -0.05) is 11.3 Å². The molecular formula is C12H9F2N5O2S. The predicted molar refractivity (Wildman–Crippen MR) is 75.3 cm³/mol. The summed E-state index contributed by atoms with van der Waals surface area (Å²) in [6.45, 7) is -2.55. The lowest BCUT2D eigenvalue weighted by Crippen LogP contribution is -2.12. The molecule has 22 heavy (non-hydrogen) atoms. The lowest BCUT2D eigenvalue weighted by Gasteiger charge is -2.05. The van der Waals surface area contributed by atoms with E-state index in [-0.39, 0.29) is 11.3 Å². The van der Waals surface area contributed by atoms with Crippen molar-refractivity contribution in [2.75, 3.05) is 5.32 Å². The van der Waals surface area contributed by atoms with Crippen LogP contribution in [-0.2, 0) is 6.54 Å². The van der Waals surface area contributed by atoms with Crippen LogP contribution in [0.15, 0.2) is 35.4 Å². The topological polar surface area (TPSA) is 81.4 Å². The predicted octanol–water partition coefficient (Wildman–Crippen LogP) is 1.76. The summed E-state index contributed by atoms with van der Waals surface area (Å²) in [7, 11) is 0. The van der Waals surface area contributed by atoms with Crippen LogP contribution in [-0.4, -0.2) is 26.2 Å². The number of rotatable bonds is 5. The Balaban J connectivity index is 1.68. The zero-order valence-corrected chi connectivity index (χ0v) is 11.8. The van der Waals surface area contributed by atoms with Gasteiger partial charge in [-0.25, -0.2) is 4.98 Å². The molecule has 0 saturated carbocycles. The number of hydrogen-bond donors (Lipinski definition) is 1. The summed E-state index contributed by atoms with van der Waals surface area (Å²) in [5.41, 5.74) is 0.349. The fraction of sp³-hybridized carbons (Fsp3) is 0.167. The van der Waals surface area contributed by atoms with E-state index in [0.29, 0.717) is 22.3 Å². The molecule has 1 N–H and O–H groups in total. The number of pyridine rings is 1. The molecule has 0 bridgehead atoms. The maximum Gasteiger partial charge on any atom is 0.387 e. The van der Waals surface area contributed by atoms with Gasteiger partial charge in [0.15, 0.2) is 0 Å². The van der Waals surface area contributed by atoms with Crippen molar-refractivity contribution < 1.29 is 13.5 Å². The van der Waals surface area contributed by atoms with Crippen LogP contribution in [0.5, 0.6) is 5.75 Å². The van der Waals surface area contributed by atoms with Gasteiger partial charge in [0.25, 0.3) is 5.56 Å². The van der Waals surface area contributed by atoms with E-state index in [9.17, 15) is 13.6 Å². The Morgan fingerprint density at radius 3 is 2.86 bits per heavy atom. The zero-order chi connectivity index (χ0) is 15.5. The van der Waals surface area contributed by atoms with Gasteiger partial charge in [0.1, 0.15) is 5.75 Å². The van der Waals surface area contributed by atoms with Crippen LogP contribution in [0.1, 0.15) is 5.69 Å². The molecule has 7 nitrogen and oxygen atoms in total. The highest BCUT2D eigenvalue weighted by atomic mass is 32.1. The number of ether oxygens (including phenoxy) is 1. The normalized spacial score (nSPS) is 11.0. The summed E-state index contributed by atoms with van der Waals surface area (Å²) in [6.07, 6.45) is 2.64. The van der Waals surface area contributed by atoms with Gasteiger partial charge in [0.2, 0.25) is 10.1 Å². The average molecular weight is 325 g/mol. The maximum absolute atomic E-state index is 12.0. The Kier molecular flexibility index (Phi) is 3.92. The van der Waals surface area contributed by atoms with Crippen LogP contribution in [0.3, 0.4) is 0 Å². The Morgan fingerprint density at radius 2 is 2.18 bits per heavy atom. The summed E-state index contributed by atoms with van der Waals surface area (Å²) in [5.74, 6) is -0.00510. The maximum atomic E-state index is 12.0. The highest BCUT2D eigenvalue weighted by molar-refractivity contribution is 7.20. The second kappa shape index (κ2) is 6.02. The summed E-state index contributed by atoms with van der Waals surface area (Å²) in [5, 5.41) is 7.58. The summed E-state index contributed by atoms with van der Waals surface area (Å²) in [6, 6.07) is 4.28. The van der Waals surface area contributed by atoms with Crippen molar-refractivity contribution in [3.8, 4) is 5.75 Å². The van der Waals surface area contributed by atoms with Crippen molar-refractivity contribution >= 4 is 21.4 Å². The van der Waals surface area contributed by atoms with E-state index in [1.165, 1.54) is 40.4 Å². The molecule has 3 heterocycles. The van der Waals surface area contributed by atoms with Crippen molar-refractivity contribution in [1.29, 1.82) is 0 Å². The van der Waals surface area contributed by atoms with E-state index in [0.717, 1.165) is 0 Å². The highest BCUT2D eigenvalue weighted by Gasteiger charge is 2.07. The number of fused-ring (bicyclic) bond motifs is 1. The average Bonchev–Trinajstić information content (AvgIpc) is 2.90. The van der Waals surface area contributed by atoms with Gasteiger partial charge in [-0.15, -0.1) is 5.10 Å². The van der Waals surface area contributed by atoms with Gasteiger partial charge in [0, 0.05) is 12.3 Å². The standard InChI is InChI=1S/C12H9F2N5O2S/c13-10(14)21-8-2-1-7(16-6-8)5-17-11-18-19-9(20)3-4-15-12(19)22-11/h1-4,6,10H,5H2,(H,17,18). The first kappa shape index (κ1) is 14.3. The Hall–Kier alpha value is -2.62. The Morgan fingerprint density at radius 1 is 1.32 bits per heavy atom. The molecule has 3 aromatic rings. The van der Waals surface area contributed by atoms with E-state index in [1.54, 1.807) is 6.07 Å². The van der Waals surface area contributed by atoms with Gasteiger partial charge < -0.3 is 10.1 Å². The third-order valence-corrected chi connectivity index (χ3v) is 3.49. The van der Waals surface area contributed by atoms with Gasteiger partial charge in [-0.2, -0.15) is 13.3 Å². The lowest BCUT2D eigenvalue weighted by atomic mass is 10.3. The van der Waals surface area contributed by atoms with Crippen molar-refractivity contribution in [2.24, 2.45) is 0 Å². The molecule has 0 amide bonds. The largest absolute Gasteiger partial charge is 0.433 e. The van der Waals surface area contributed by atoms with Crippen molar-refractivity contribution in [3.05, 3.63) is 46.6 Å². The Bertz CT molecular complexity index is 833. The number of alkyl halides is 2. The Labute approximate surface area is 126 Å². The number of halogens is 2. The first-order valence-corrected chi connectivity index (χ1v) is 6.92. The molecule has 10 heteroatoms. The molecule has 0 unspecified atom stereocenters. The molecule has 0 radical (unpaired) electrons. The minimum atomic E-state index is -2.88. The van der Waals surface area contributed by atoms with Crippen LogP contribution in [0, 0.1) is 0 Å². The van der Waals surface area contributed by atoms with E-state index < -0.39 is 6.61 Å². The summed E-state index contributed by atoms with van der Waals surface area (Å²) >= 11 is 1.22. The molecule has 0 aliphatic rings. The molecule has 0 spiro atoms. The van der Waals surface area contributed by atoms with Crippen LogP contribution >= 0.6 is 11.3 Å². The first-order chi connectivity index (χ1) is 10.6. The molecule has 0 aromatic carbocycles. The van der Waals surface area contributed by atoms with E-state index in [1.807, 2.05) is 0 Å². The van der Waals surface area contributed by atoms with Crippen LogP contribution in [0.4, 0.5) is 13.9 Å². The smallest absolute Gasteiger partial charge is 0.387 e. The molecular weight excluding hydrogens is 316 g/mol. The number of aromatic nitrogens is 4. The van der Waals surface area contributed by atoms with Gasteiger partial charge in [-0.3, -0.25) is 9.78 Å². The third-order valence-electron chi connectivity index (χ3n) is 2.61. The van der Waals surface area contributed by atoms with Crippen LogP contribution in [0.25, 0.3) is 4.96 Å². The zero-order valence-electron chi connectivity index (χ0n) is 10.9. The molecule has 0 aliphatic carbocycles. The van der Waals surface area contributed by atoms with E-state index >= 15 is 0 Å². The van der Waals surface area contributed by atoms with Crippen LogP contribution in [0.2, 0.25) is 0 Å². The molecule has 0 aliphatic heterocycles. The van der Waals surface area contributed by atoms with Crippen molar-refractivity contribution in [2.45, 2.75) is 13.2 Å². The monoisotopic (exact) mass is 325 g/mol. The van der Waals surface area contributed by atoms with Crippen molar-refractivity contribution in [3.63, 3.8) is 0 Å². The first-order valence-electron chi connectivity index (χ1n) is 6.10. The number of hydrogen-bond acceptors (Lipinski definition) is 7. The van der Waals surface area contributed by atoms with Crippen molar-refractivity contribution in [1.82, 2.24) is 19.6 Å². The molecule has 0 fully saturated rings. The third kappa shape index (κ3) is 3.17. The summed E-state index contributed by atoms with van der Waals surface area (Å²) in [4.78, 5) is 20.0. The molecule has 0 atom stereocenters. The van der Waals surface area contributed by atoms with Gasteiger partial charge in [-0.05, 0) is 12.1 Å². The second-order valence-electron chi connectivity index (χ2n) is 4.10. The fourth-order valence-corrected chi connectivity index (χ4v) is 2.44. The quantitative estimate of drug-likeness (QED) is 0.770. The fourth-order valence-electron chi connectivity index (χ4n) is 1.67. The molecule has 114 valence electrons. The minimum absolute atomic E-state index is 0.00510. The molecule has 3 aromatic heterocycles. The number of anilines is 1. The highest BCUT2D eigenvalue weighted by Crippen LogP contribution is 2.17. The van der Waals surface area contributed by atoms with Crippen LogP contribution < -0.4 is 15.6 Å². The second-order valence-corrected chi connectivity index (χ2v) is 5.06. The minimum Gasteiger partial charge on any atom is -0.433 e. The summed E-state index contributed by atoms with van der Waals surface area (Å²) < 4.78 is 29.4. The lowest BCUT2D eigenvalue weighted by molar-refractivity contribution is -0.0500. The van der Waals surface area contributed by atoms with E-state index in [4.69, 9.17) is 0 Å².